The van der Waals surface area contributed by atoms with Gasteiger partial charge in [0, 0.05) is 12.6 Å². The van der Waals surface area contributed by atoms with E-state index in [0.29, 0.717) is 17.9 Å². The topological polar surface area (TPSA) is 86.1 Å². The summed E-state index contributed by atoms with van der Waals surface area (Å²) in [6, 6.07) is 6.37. The Kier molecular flexibility index (Phi) is 5.52. The van der Waals surface area contributed by atoms with Gasteiger partial charge in [0.2, 0.25) is 10.0 Å². The van der Waals surface area contributed by atoms with Gasteiger partial charge in [0.15, 0.2) is 11.6 Å². The highest BCUT2D eigenvalue weighted by atomic mass is 32.2. The Hall–Kier alpha value is -2.39. The molecule has 0 N–H and O–H groups in total. The van der Waals surface area contributed by atoms with Crippen LogP contribution in [-0.4, -0.2) is 38.5 Å². The molecule has 1 atom stereocenters. The summed E-state index contributed by atoms with van der Waals surface area (Å²) in [6.45, 7) is 3.97. The molecule has 146 valence electrons. The minimum absolute atomic E-state index is 0.0114. The molecule has 0 saturated carbocycles. The van der Waals surface area contributed by atoms with E-state index < -0.39 is 27.6 Å². The summed E-state index contributed by atoms with van der Waals surface area (Å²) in [7, 11) is -3.86. The largest absolute Gasteiger partial charge is 0.491 e. The predicted octanol–water partition coefficient (Wildman–Crippen LogP) is 2.33. The summed E-state index contributed by atoms with van der Waals surface area (Å²) in [5.74, 6) is 0.0266. The summed E-state index contributed by atoms with van der Waals surface area (Å²) in [4.78, 5) is 11.3. The summed E-state index contributed by atoms with van der Waals surface area (Å²) >= 11 is 0. The van der Waals surface area contributed by atoms with Gasteiger partial charge in [-0.05, 0) is 38.5 Å². The van der Waals surface area contributed by atoms with Gasteiger partial charge < -0.3 is 13.9 Å². The zero-order chi connectivity index (χ0) is 19.6. The van der Waals surface area contributed by atoms with Crippen LogP contribution < -0.4 is 15.1 Å². The highest BCUT2D eigenvalue weighted by Crippen LogP contribution is 2.27. The second-order valence-corrected chi connectivity index (χ2v) is 8.08. The van der Waals surface area contributed by atoms with E-state index in [1.165, 1.54) is 22.5 Å². The maximum Gasteiger partial charge on any atom is 0.339 e. The standard InChI is InChI=1S/C18H20FNO6S/c1-3-24-17-5-4-15(10-16(17)19)27(22,23)20-7-6-13(11-20)26-14-8-12(2)25-18(21)9-14/h4-5,8-10,13H,3,6-7,11H2,1-2H3. The number of hydrogen-bond donors (Lipinski definition) is 0. The Morgan fingerprint density at radius 2 is 2.07 bits per heavy atom. The minimum atomic E-state index is -3.86. The van der Waals surface area contributed by atoms with Crippen LogP contribution in [-0.2, 0) is 10.0 Å². The van der Waals surface area contributed by atoms with Crippen molar-refractivity contribution in [2.75, 3.05) is 19.7 Å². The van der Waals surface area contributed by atoms with Gasteiger partial charge in [-0.25, -0.2) is 17.6 Å². The van der Waals surface area contributed by atoms with Crippen molar-refractivity contribution in [3.05, 3.63) is 52.3 Å². The molecule has 7 nitrogen and oxygen atoms in total. The molecule has 0 radical (unpaired) electrons. The van der Waals surface area contributed by atoms with Crippen molar-refractivity contribution in [3.8, 4) is 11.5 Å². The van der Waals surface area contributed by atoms with Gasteiger partial charge in [0.25, 0.3) is 0 Å². The molecule has 1 saturated heterocycles. The van der Waals surface area contributed by atoms with Crippen molar-refractivity contribution in [1.82, 2.24) is 4.31 Å². The number of hydrogen-bond acceptors (Lipinski definition) is 6. The molecule has 3 rings (SSSR count). The lowest BCUT2D eigenvalue weighted by Gasteiger charge is -2.18. The molecule has 0 aliphatic carbocycles. The van der Waals surface area contributed by atoms with Gasteiger partial charge in [0.05, 0.1) is 24.1 Å². The lowest BCUT2D eigenvalue weighted by atomic mass is 10.3. The lowest BCUT2D eigenvalue weighted by molar-refractivity contribution is 0.213. The summed E-state index contributed by atoms with van der Waals surface area (Å²) in [6.07, 6.45) is 0.0476. The molecule has 1 fully saturated rings. The molecule has 2 heterocycles. The second-order valence-electron chi connectivity index (χ2n) is 6.14. The molecule has 27 heavy (non-hydrogen) atoms. The molecule has 0 spiro atoms. The smallest absolute Gasteiger partial charge is 0.339 e. The summed E-state index contributed by atoms with van der Waals surface area (Å²) < 4.78 is 56.5. The average molecular weight is 397 g/mol. The molecule has 1 aromatic heterocycles. The molecule has 1 aliphatic rings. The average Bonchev–Trinajstić information content (AvgIpc) is 3.05. The SMILES string of the molecule is CCOc1ccc(S(=O)(=O)N2CCC(Oc3cc(C)oc(=O)c3)C2)cc1F. The Labute approximate surface area is 156 Å². The van der Waals surface area contributed by atoms with E-state index in [0.717, 1.165) is 6.07 Å². The molecule has 1 aliphatic heterocycles. The number of ether oxygens (including phenoxy) is 2. The zero-order valence-corrected chi connectivity index (χ0v) is 15.8. The lowest BCUT2D eigenvalue weighted by Crippen LogP contribution is -2.31. The molecular formula is C18H20FNO6S. The fourth-order valence-electron chi connectivity index (χ4n) is 2.91. The number of nitrogens with zero attached hydrogens (tertiary/aromatic N) is 1. The first-order chi connectivity index (χ1) is 12.8. The first-order valence-electron chi connectivity index (χ1n) is 8.50. The Morgan fingerprint density at radius 3 is 2.74 bits per heavy atom. The van der Waals surface area contributed by atoms with Gasteiger partial charge in [0.1, 0.15) is 17.6 Å². The molecular weight excluding hydrogens is 377 g/mol. The maximum absolute atomic E-state index is 14.0. The number of aryl methyl sites for hydroxylation is 1. The van der Waals surface area contributed by atoms with Crippen LogP contribution in [0.1, 0.15) is 19.1 Å². The Morgan fingerprint density at radius 1 is 1.30 bits per heavy atom. The third kappa shape index (κ3) is 4.30. The van der Waals surface area contributed by atoms with Crippen molar-refractivity contribution >= 4 is 10.0 Å². The first-order valence-corrected chi connectivity index (χ1v) is 9.94. The third-order valence-electron chi connectivity index (χ3n) is 4.12. The van der Waals surface area contributed by atoms with Crippen LogP contribution in [0.25, 0.3) is 0 Å². The van der Waals surface area contributed by atoms with Gasteiger partial charge in [-0.15, -0.1) is 0 Å². The first kappa shape index (κ1) is 19.4. The number of sulfonamides is 1. The monoisotopic (exact) mass is 397 g/mol. The van der Waals surface area contributed by atoms with Crippen LogP contribution in [0.2, 0.25) is 0 Å². The van der Waals surface area contributed by atoms with Crippen LogP contribution in [0.5, 0.6) is 11.5 Å². The molecule has 1 aromatic carbocycles. The van der Waals surface area contributed by atoms with Crippen LogP contribution in [0.15, 0.2) is 44.4 Å². The fourth-order valence-corrected chi connectivity index (χ4v) is 4.41. The summed E-state index contributed by atoms with van der Waals surface area (Å²) in [5, 5.41) is 0. The highest BCUT2D eigenvalue weighted by molar-refractivity contribution is 7.89. The van der Waals surface area contributed by atoms with E-state index in [1.54, 1.807) is 19.9 Å². The van der Waals surface area contributed by atoms with E-state index in [9.17, 15) is 17.6 Å². The van der Waals surface area contributed by atoms with Crippen molar-refractivity contribution < 1.29 is 26.7 Å². The van der Waals surface area contributed by atoms with E-state index in [4.69, 9.17) is 13.9 Å². The van der Waals surface area contributed by atoms with E-state index in [2.05, 4.69) is 0 Å². The third-order valence-corrected chi connectivity index (χ3v) is 5.98. The van der Waals surface area contributed by atoms with E-state index >= 15 is 0 Å². The molecule has 2 aromatic rings. The summed E-state index contributed by atoms with van der Waals surface area (Å²) in [5.41, 5.74) is -0.530. The number of halogens is 1. The van der Waals surface area contributed by atoms with Crippen molar-refractivity contribution in [2.45, 2.75) is 31.3 Å². The van der Waals surface area contributed by atoms with Gasteiger partial charge in [-0.2, -0.15) is 4.31 Å². The van der Waals surface area contributed by atoms with Gasteiger partial charge >= 0.3 is 5.63 Å². The molecule has 0 bridgehead atoms. The van der Waals surface area contributed by atoms with Crippen molar-refractivity contribution in [1.29, 1.82) is 0 Å². The van der Waals surface area contributed by atoms with Gasteiger partial charge in [-0.1, -0.05) is 0 Å². The van der Waals surface area contributed by atoms with Crippen LogP contribution in [0.4, 0.5) is 4.39 Å². The second kappa shape index (κ2) is 7.69. The van der Waals surface area contributed by atoms with Crippen molar-refractivity contribution in [2.24, 2.45) is 0 Å². The maximum atomic E-state index is 14.0. The minimum Gasteiger partial charge on any atom is -0.491 e. The van der Waals surface area contributed by atoms with E-state index in [1.807, 2.05) is 0 Å². The molecule has 9 heteroatoms. The number of rotatable bonds is 6. The quantitative estimate of drug-likeness (QED) is 0.744. The zero-order valence-electron chi connectivity index (χ0n) is 15.0. The Bertz CT molecular complexity index is 988. The molecule has 0 amide bonds. The van der Waals surface area contributed by atoms with Gasteiger partial charge in [-0.3, -0.25) is 0 Å². The van der Waals surface area contributed by atoms with Crippen LogP contribution in [0, 0.1) is 12.7 Å². The number of benzene rings is 1. The van der Waals surface area contributed by atoms with Crippen LogP contribution >= 0.6 is 0 Å². The highest BCUT2D eigenvalue weighted by Gasteiger charge is 2.34. The van der Waals surface area contributed by atoms with E-state index in [-0.39, 0.29) is 30.3 Å². The molecule has 1 unspecified atom stereocenters. The van der Waals surface area contributed by atoms with Crippen molar-refractivity contribution in [3.63, 3.8) is 0 Å². The fraction of sp³-hybridized carbons (Fsp3) is 0.389. The predicted molar refractivity (Wildman–Crippen MR) is 95.1 cm³/mol. The Balaban J connectivity index is 1.73. The van der Waals surface area contributed by atoms with Crippen LogP contribution in [0.3, 0.4) is 0 Å². The normalized spacial score (nSPS) is 17.8.